The van der Waals surface area contributed by atoms with Gasteiger partial charge < -0.3 is 0 Å². The van der Waals surface area contributed by atoms with Crippen molar-refractivity contribution in [2.45, 2.75) is 46.0 Å². The van der Waals surface area contributed by atoms with Gasteiger partial charge in [0, 0.05) is 19.9 Å². The lowest BCUT2D eigenvalue weighted by atomic mass is 10.1. The maximum Gasteiger partial charge on any atom is 0.133 e. The minimum atomic E-state index is 0.304. The Hall–Kier alpha value is -0.830. The molecule has 1 rings (SSSR count). The molecule has 0 bridgehead atoms. The molecule has 0 unspecified atom stereocenters. The fourth-order valence-electron chi connectivity index (χ4n) is 1.75. The van der Waals surface area contributed by atoms with Crippen molar-refractivity contribution in [1.29, 1.82) is 0 Å². The highest BCUT2D eigenvalue weighted by atomic mass is 35.5. The molecule has 0 saturated carbocycles. The van der Waals surface area contributed by atoms with Crippen LogP contribution in [0.1, 0.15) is 44.5 Å². The number of halogens is 1. The highest BCUT2D eigenvalue weighted by molar-refractivity contribution is 6.31. The van der Waals surface area contributed by atoms with Gasteiger partial charge in [-0.3, -0.25) is 9.48 Å². The van der Waals surface area contributed by atoms with Crippen LogP contribution in [-0.2, 0) is 24.7 Å². The van der Waals surface area contributed by atoms with Crippen LogP contribution in [0.5, 0.6) is 0 Å². The number of carbonyl (C=O) groups is 1. The average molecular weight is 243 g/mol. The molecule has 0 aliphatic heterocycles. The monoisotopic (exact) mass is 242 g/mol. The summed E-state index contributed by atoms with van der Waals surface area (Å²) >= 11 is 6.20. The van der Waals surface area contributed by atoms with Gasteiger partial charge in [-0.25, -0.2) is 0 Å². The predicted octanol–water partition coefficient (Wildman–Crippen LogP) is 2.94. The Morgan fingerprint density at radius 2 is 2.06 bits per heavy atom. The van der Waals surface area contributed by atoms with Crippen LogP contribution in [0.4, 0.5) is 0 Å². The van der Waals surface area contributed by atoms with Gasteiger partial charge >= 0.3 is 0 Å². The summed E-state index contributed by atoms with van der Waals surface area (Å²) in [4.78, 5) is 11.4. The number of rotatable bonds is 6. The molecule has 0 aromatic carbocycles. The molecule has 0 amide bonds. The summed E-state index contributed by atoms with van der Waals surface area (Å²) in [6.07, 6.45) is 3.67. The molecule has 90 valence electrons. The van der Waals surface area contributed by atoms with Crippen LogP contribution in [0.25, 0.3) is 0 Å². The quantitative estimate of drug-likeness (QED) is 0.769. The molecule has 0 saturated heterocycles. The smallest absolute Gasteiger partial charge is 0.133 e. The summed E-state index contributed by atoms with van der Waals surface area (Å²) in [5.41, 5.74) is 1.89. The van der Waals surface area contributed by atoms with E-state index in [-0.39, 0.29) is 0 Å². The Bertz CT molecular complexity index is 371. The van der Waals surface area contributed by atoms with Gasteiger partial charge in [-0.2, -0.15) is 5.10 Å². The molecule has 0 spiro atoms. The molecule has 0 aliphatic carbocycles. The molecule has 0 aliphatic rings. The van der Waals surface area contributed by atoms with Crippen LogP contribution in [0.2, 0.25) is 5.02 Å². The highest BCUT2D eigenvalue weighted by Gasteiger charge is 2.13. The summed E-state index contributed by atoms with van der Waals surface area (Å²) in [5, 5.41) is 5.06. The molecule has 0 N–H and O–H groups in total. The Morgan fingerprint density at radius 3 is 2.56 bits per heavy atom. The van der Waals surface area contributed by atoms with Gasteiger partial charge in [0.2, 0.25) is 0 Å². The van der Waals surface area contributed by atoms with Crippen molar-refractivity contribution >= 4 is 17.4 Å². The topological polar surface area (TPSA) is 34.9 Å². The first kappa shape index (κ1) is 13.2. The average Bonchev–Trinajstić information content (AvgIpc) is 2.52. The Labute approximate surface area is 102 Å². The van der Waals surface area contributed by atoms with E-state index < -0.39 is 0 Å². The van der Waals surface area contributed by atoms with Gasteiger partial charge in [0.1, 0.15) is 5.78 Å². The Morgan fingerprint density at radius 1 is 1.38 bits per heavy atom. The third-order valence-corrected chi connectivity index (χ3v) is 3.11. The van der Waals surface area contributed by atoms with E-state index in [0.717, 1.165) is 29.3 Å². The lowest BCUT2D eigenvalue weighted by molar-refractivity contribution is -0.119. The number of aryl methyl sites for hydroxylation is 2. The molecular weight excluding hydrogens is 224 g/mol. The Kier molecular flexibility index (Phi) is 5.00. The van der Waals surface area contributed by atoms with E-state index in [1.54, 1.807) is 4.68 Å². The molecular formula is C12H19ClN2O. The second kappa shape index (κ2) is 6.04. The zero-order chi connectivity index (χ0) is 12.1. The number of Topliss-reactive ketones (excluding diaryl/α,β-unsaturated/α-hetero) is 1. The molecule has 1 aromatic heterocycles. The van der Waals surface area contributed by atoms with Crippen LogP contribution in [-0.4, -0.2) is 15.6 Å². The van der Waals surface area contributed by atoms with E-state index in [9.17, 15) is 4.79 Å². The number of nitrogens with zero attached hydrogens (tertiary/aromatic N) is 2. The molecule has 0 radical (unpaired) electrons. The number of hydrogen-bond acceptors (Lipinski definition) is 2. The summed E-state index contributed by atoms with van der Waals surface area (Å²) in [6.45, 7) is 4.05. The summed E-state index contributed by atoms with van der Waals surface area (Å²) in [7, 11) is 1.88. The molecule has 3 nitrogen and oxygen atoms in total. The fourth-order valence-corrected chi connectivity index (χ4v) is 2.14. The number of carbonyl (C=O) groups excluding carboxylic acids is 1. The normalized spacial score (nSPS) is 10.8. The summed E-state index contributed by atoms with van der Waals surface area (Å²) in [5.74, 6) is 0.304. The highest BCUT2D eigenvalue weighted by Crippen LogP contribution is 2.22. The maximum absolute atomic E-state index is 11.4. The van der Waals surface area contributed by atoms with Gasteiger partial charge in [0.25, 0.3) is 0 Å². The van der Waals surface area contributed by atoms with Crippen LogP contribution in [0.15, 0.2) is 0 Å². The van der Waals surface area contributed by atoms with Gasteiger partial charge in [0.15, 0.2) is 0 Å². The SMILES string of the molecule is CCCC(=O)CCc1c(Cl)c(CC)nn1C. The van der Waals surface area contributed by atoms with E-state index in [2.05, 4.69) is 5.10 Å². The number of aromatic nitrogens is 2. The van der Waals surface area contributed by atoms with Crippen LogP contribution < -0.4 is 0 Å². The number of hydrogen-bond donors (Lipinski definition) is 0. The molecule has 16 heavy (non-hydrogen) atoms. The largest absolute Gasteiger partial charge is 0.300 e. The van der Waals surface area contributed by atoms with Crippen molar-refractivity contribution in [2.75, 3.05) is 0 Å². The first-order chi connectivity index (χ1) is 7.60. The van der Waals surface area contributed by atoms with Crippen LogP contribution in [0, 0.1) is 0 Å². The van der Waals surface area contributed by atoms with Gasteiger partial charge in [-0.05, 0) is 19.3 Å². The molecule has 4 heteroatoms. The van der Waals surface area contributed by atoms with E-state index in [4.69, 9.17) is 11.6 Å². The lowest BCUT2D eigenvalue weighted by Crippen LogP contribution is -2.04. The number of ketones is 1. The van der Waals surface area contributed by atoms with Gasteiger partial charge in [-0.1, -0.05) is 25.4 Å². The molecule has 0 fully saturated rings. The van der Waals surface area contributed by atoms with E-state index in [1.165, 1.54) is 0 Å². The second-order valence-electron chi connectivity index (χ2n) is 3.97. The van der Waals surface area contributed by atoms with Crippen molar-refractivity contribution in [3.05, 3.63) is 16.4 Å². The molecule has 0 atom stereocenters. The van der Waals surface area contributed by atoms with Crippen molar-refractivity contribution in [2.24, 2.45) is 7.05 Å². The van der Waals surface area contributed by atoms with Gasteiger partial charge in [-0.15, -0.1) is 0 Å². The van der Waals surface area contributed by atoms with E-state index in [0.29, 0.717) is 25.0 Å². The maximum atomic E-state index is 11.4. The van der Waals surface area contributed by atoms with Crippen molar-refractivity contribution in [1.82, 2.24) is 9.78 Å². The fraction of sp³-hybridized carbons (Fsp3) is 0.667. The van der Waals surface area contributed by atoms with Crippen LogP contribution in [0.3, 0.4) is 0 Å². The zero-order valence-corrected chi connectivity index (χ0v) is 11.0. The van der Waals surface area contributed by atoms with E-state index in [1.807, 2.05) is 20.9 Å². The zero-order valence-electron chi connectivity index (χ0n) is 10.2. The minimum absolute atomic E-state index is 0.304. The standard InChI is InChI=1S/C12H19ClN2O/c1-4-6-9(16)7-8-11-12(13)10(5-2)14-15(11)3/h4-8H2,1-3H3. The Balaban J connectivity index is 2.66. The summed E-state index contributed by atoms with van der Waals surface area (Å²) < 4.78 is 1.79. The lowest BCUT2D eigenvalue weighted by Gasteiger charge is -2.01. The second-order valence-corrected chi connectivity index (χ2v) is 4.35. The third-order valence-electron chi connectivity index (χ3n) is 2.67. The minimum Gasteiger partial charge on any atom is -0.300 e. The van der Waals surface area contributed by atoms with Crippen molar-refractivity contribution < 1.29 is 4.79 Å². The predicted molar refractivity (Wildman–Crippen MR) is 65.8 cm³/mol. The molecule has 1 heterocycles. The van der Waals surface area contributed by atoms with Crippen LogP contribution >= 0.6 is 11.6 Å². The first-order valence-electron chi connectivity index (χ1n) is 5.82. The van der Waals surface area contributed by atoms with Crippen molar-refractivity contribution in [3.8, 4) is 0 Å². The van der Waals surface area contributed by atoms with Gasteiger partial charge in [0.05, 0.1) is 16.4 Å². The molecule has 1 aromatic rings. The first-order valence-corrected chi connectivity index (χ1v) is 6.19. The third kappa shape index (κ3) is 3.08. The van der Waals surface area contributed by atoms with E-state index >= 15 is 0 Å². The van der Waals surface area contributed by atoms with Crippen molar-refractivity contribution in [3.63, 3.8) is 0 Å². The summed E-state index contributed by atoms with van der Waals surface area (Å²) in [6, 6.07) is 0.